The number of carbonyl (C=O) groups excluding carboxylic acids is 2. The highest BCUT2D eigenvalue weighted by molar-refractivity contribution is 6.36. The Hall–Kier alpha value is -3.71. The number of nitrogens with zero attached hydrogens (tertiary/aromatic N) is 1. The molecule has 0 unspecified atom stereocenters. The van der Waals surface area contributed by atoms with E-state index in [0.717, 1.165) is 28.1 Å². The molecular formula is C28H29FN4O2. The molecule has 2 aliphatic heterocycles. The van der Waals surface area contributed by atoms with Gasteiger partial charge in [0.2, 0.25) is 5.91 Å². The molecule has 2 aliphatic rings. The van der Waals surface area contributed by atoms with Crippen molar-refractivity contribution in [2.24, 2.45) is 0 Å². The minimum Gasteiger partial charge on any atom is -0.359 e. The fraction of sp³-hybridized carbons (Fsp3) is 0.286. The molecule has 0 saturated carbocycles. The molecule has 1 fully saturated rings. The Morgan fingerprint density at radius 2 is 1.86 bits per heavy atom. The molecule has 0 radical (unpaired) electrons. The summed E-state index contributed by atoms with van der Waals surface area (Å²) < 4.78 is 14.0. The number of hydrogen-bond acceptors (Lipinski definition) is 3. The lowest BCUT2D eigenvalue weighted by Crippen LogP contribution is -2.56. The second-order valence-corrected chi connectivity index (χ2v) is 9.59. The van der Waals surface area contributed by atoms with E-state index in [9.17, 15) is 14.0 Å². The average molecular weight is 473 g/mol. The summed E-state index contributed by atoms with van der Waals surface area (Å²) in [6.45, 7) is 7.45. The average Bonchev–Trinajstić information content (AvgIpc) is 3.31. The van der Waals surface area contributed by atoms with Gasteiger partial charge in [0.1, 0.15) is 5.82 Å². The molecule has 2 aromatic carbocycles. The number of aromatic nitrogens is 1. The summed E-state index contributed by atoms with van der Waals surface area (Å²) >= 11 is 0. The molecule has 0 aliphatic carbocycles. The fourth-order valence-corrected chi connectivity index (χ4v) is 5.18. The smallest absolute Gasteiger partial charge is 0.256 e. The summed E-state index contributed by atoms with van der Waals surface area (Å²) in [7, 11) is 0. The Kier molecular flexibility index (Phi) is 6.03. The van der Waals surface area contributed by atoms with Crippen molar-refractivity contribution in [2.75, 3.05) is 18.4 Å². The van der Waals surface area contributed by atoms with Gasteiger partial charge in [0.25, 0.3) is 5.91 Å². The van der Waals surface area contributed by atoms with Crippen LogP contribution in [0.25, 0.3) is 22.8 Å². The van der Waals surface area contributed by atoms with Crippen LogP contribution < -0.4 is 10.6 Å². The van der Waals surface area contributed by atoms with Gasteiger partial charge in [-0.2, -0.15) is 0 Å². The number of piperazine rings is 1. The van der Waals surface area contributed by atoms with Gasteiger partial charge in [-0.3, -0.25) is 9.59 Å². The number of amides is 2. The number of nitrogens with one attached hydrogen (secondary N) is 3. The third-order valence-electron chi connectivity index (χ3n) is 6.57. The molecular weight excluding hydrogens is 443 g/mol. The second kappa shape index (κ2) is 9.15. The monoisotopic (exact) mass is 472 g/mol. The number of halogens is 1. The minimum absolute atomic E-state index is 0.0700. The van der Waals surface area contributed by atoms with Crippen LogP contribution in [0.4, 0.5) is 10.1 Å². The zero-order chi connectivity index (χ0) is 24.7. The van der Waals surface area contributed by atoms with Crippen molar-refractivity contribution in [3.05, 3.63) is 76.9 Å². The van der Waals surface area contributed by atoms with Crippen LogP contribution in [0.2, 0.25) is 0 Å². The molecule has 5 rings (SSSR count). The molecule has 3 aromatic rings. The zero-order valence-electron chi connectivity index (χ0n) is 20.1. The molecule has 180 valence electrons. The van der Waals surface area contributed by atoms with E-state index in [4.69, 9.17) is 0 Å². The first-order valence-electron chi connectivity index (χ1n) is 11.9. The van der Waals surface area contributed by atoms with Gasteiger partial charge in [-0.25, -0.2) is 4.39 Å². The van der Waals surface area contributed by atoms with Crippen LogP contribution in [0.5, 0.6) is 0 Å². The maximum atomic E-state index is 14.0. The number of rotatable bonds is 4. The van der Waals surface area contributed by atoms with Gasteiger partial charge < -0.3 is 20.5 Å². The number of aromatic amines is 1. The summed E-state index contributed by atoms with van der Waals surface area (Å²) in [5, 5.41) is 6.37. The molecule has 6 nitrogen and oxygen atoms in total. The summed E-state index contributed by atoms with van der Waals surface area (Å²) in [5.41, 5.74) is 5.88. The fourth-order valence-electron chi connectivity index (χ4n) is 5.18. The molecule has 0 bridgehead atoms. The van der Waals surface area contributed by atoms with Gasteiger partial charge in [-0.05, 0) is 67.8 Å². The van der Waals surface area contributed by atoms with Gasteiger partial charge in [0.05, 0.1) is 12.0 Å². The van der Waals surface area contributed by atoms with Crippen molar-refractivity contribution in [1.29, 1.82) is 0 Å². The first kappa shape index (κ1) is 23.1. The van der Waals surface area contributed by atoms with Gasteiger partial charge in [0, 0.05) is 47.8 Å². The SMILES string of the molecule is Cc1cc(CC(=O)N2C[C@@H](C)N[C@@H](C)C2)c(/C=C2\C(=O)Nc3cccc(-c4cccc(F)c4)c32)[nH]1. The van der Waals surface area contributed by atoms with Gasteiger partial charge in [0.15, 0.2) is 0 Å². The molecule has 0 spiro atoms. The molecule has 1 saturated heterocycles. The minimum atomic E-state index is -0.333. The zero-order valence-corrected chi connectivity index (χ0v) is 20.1. The van der Waals surface area contributed by atoms with Crippen LogP contribution in [0.3, 0.4) is 0 Å². The quantitative estimate of drug-likeness (QED) is 0.494. The normalized spacial score (nSPS) is 20.7. The highest BCUT2D eigenvalue weighted by Gasteiger charge is 2.29. The molecule has 2 amide bonds. The maximum Gasteiger partial charge on any atom is 0.256 e. The van der Waals surface area contributed by atoms with Crippen LogP contribution in [-0.4, -0.2) is 46.9 Å². The Morgan fingerprint density at radius 1 is 1.11 bits per heavy atom. The summed E-state index contributed by atoms with van der Waals surface area (Å²) in [6, 6.07) is 14.4. The van der Waals surface area contributed by atoms with E-state index in [1.165, 1.54) is 12.1 Å². The van der Waals surface area contributed by atoms with E-state index in [1.807, 2.05) is 48.2 Å². The number of aryl methyl sites for hydroxylation is 1. The van der Waals surface area contributed by atoms with Gasteiger partial charge in [-0.1, -0.05) is 24.3 Å². The van der Waals surface area contributed by atoms with Crippen molar-refractivity contribution >= 4 is 29.2 Å². The van der Waals surface area contributed by atoms with Crippen LogP contribution in [0.1, 0.15) is 36.4 Å². The molecule has 3 N–H and O–H groups in total. The predicted octanol–water partition coefficient (Wildman–Crippen LogP) is 4.37. The first-order valence-corrected chi connectivity index (χ1v) is 11.9. The van der Waals surface area contributed by atoms with Crippen LogP contribution in [0.15, 0.2) is 48.5 Å². The standard InChI is InChI=1S/C28H29FN4O2/c1-16-10-20(12-26(34)33-14-17(2)30-18(3)15-33)25(31-16)13-23-27-22(19-6-4-7-21(29)11-19)8-5-9-24(27)32-28(23)35/h4-11,13,17-18,30-31H,12,14-15H2,1-3H3,(H,32,35)/b23-13-/t17-,18+. The van der Waals surface area contributed by atoms with E-state index in [2.05, 4.69) is 29.5 Å². The van der Waals surface area contributed by atoms with Crippen molar-refractivity contribution in [3.8, 4) is 11.1 Å². The molecule has 1 aromatic heterocycles. The number of carbonyl (C=O) groups is 2. The van der Waals surface area contributed by atoms with Crippen molar-refractivity contribution in [2.45, 2.75) is 39.3 Å². The Bertz CT molecular complexity index is 1330. The highest BCUT2D eigenvalue weighted by atomic mass is 19.1. The Labute approximate surface area is 204 Å². The summed E-state index contributed by atoms with van der Waals surface area (Å²) in [6.07, 6.45) is 2.06. The Balaban J connectivity index is 1.50. The van der Waals surface area contributed by atoms with Gasteiger partial charge >= 0.3 is 0 Å². The predicted molar refractivity (Wildman–Crippen MR) is 136 cm³/mol. The third-order valence-corrected chi connectivity index (χ3v) is 6.57. The lowest BCUT2D eigenvalue weighted by atomic mass is 9.94. The topological polar surface area (TPSA) is 77.2 Å². The third kappa shape index (κ3) is 4.64. The van der Waals surface area contributed by atoms with Crippen LogP contribution in [-0.2, 0) is 16.0 Å². The van der Waals surface area contributed by atoms with Crippen molar-refractivity contribution in [1.82, 2.24) is 15.2 Å². The lowest BCUT2D eigenvalue weighted by Gasteiger charge is -2.36. The van der Waals surface area contributed by atoms with E-state index >= 15 is 0 Å². The molecule has 3 heterocycles. The maximum absolute atomic E-state index is 14.0. The summed E-state index contributed by atoms with van der Waals surface area (Å²) in [4.78, 5) is 31.4. The van der Waals surface area contributed by atoms with Crippen molar-refractivity contribution in [3.63, 3.8) is 0 Å². The largest absolute Gasteiger partial charge is 0.359 e. The lowest BCUT2D eigenvalue weighted by molar-refractivity contribution is -0.132. The van der Waals surface area contributed by atoms with Crippen LogP contribution >= 0.6 is 0 Å². The number of benzene rings is 2. The van der Waals surface area contributed by atoms with E-state index in [1.54, 1.807) is 6.07 Å². The highest BCUT2D eigenvalue weighted by Crippen LogP contribution is 2.40. The molecule has 2 atom stereocenters. The van der Waals surface area contributed by atoms with E-state index in [-0.39, 0.29) is 36.1 Å². The Morgan fingerprint density at radius 3 is 2.60 bits per heavy atom. The first-order chi connectivity index (χ1) is 16.8. The molecule has 35 heavy (non-hydrogen) atoms. The van der Waals surface area contributed by atoms with Gasteiger partial charge in [-0.15, -0.1) is 0 Å². The molecule has 7 heteroatoms. The number of fused-ring (bicyclic) bond motifs is 1. The van der Waals surface area contributed by atoms with E-state index < -0.39 is 0 Å². The van der Waals surface area contributed by atoms with E-state index in [0.29, 0.717) is 29.9 Å². The van der Waals surface area contributed by atoms with Crippen LogP contribution in [0, 0.1) is 12.7 Å². The second-order valence-electron chi connectivity index (χ2n) is 9.59. The number of H-pyrrole nitrogens is 1. The summed E-state index contributed by atoms with van der Waals surface area (Å²) in [5.74, 6) is -0.487. The van der Waals surface area contributed by atoms with Crippen molar-refractivity contribution < 1.29 is 14.0 Å². The number of hydrogen-bond donors (Lipinski definition) is 3. The number of anilines is 1.